The second-order valence-corrected chi connectivity index (χ2v) is 4.45. The van der Waals surface area contributed by atoms with E-state index < -0.39 is 0 Å². The van der Waals surface area contributed by atoms with Crippen LogP contribution in [-0.4, -0.2) is 25.2 Å². The number of piperazine rings is 1. The predicted octanol–water partition coefficient (Wildman–Crippen LogP) is 1.91. The van der Waals surface area contributed by atoms with Crippen LogP contribution in [0.2, 0.25) is 0 Å². The van der Waals surface area contributed by atoms with Gasteiger partial charge in [0.05, 0.1) is 12.5 Å². The van der Waals surface area contributed by atoms with E-state index in [0.29, 0.717) is 12.5 Å². The minimum Gasteiger partial charge on any atom is -0.366 e. The molecule has 0 bridgehead atoms. The highest BCUT2D eigenvalue weighted by molar-refractivity contribution is 5.48. The summed E-state index contributed by atoms with van der Waals surface area (Å²) in [7, 11) is 0. The summed E-state index contributed by atoms with van der Waals surface area (Å²) in [4.78, 5) is 2.22. The van der Waals surface area contributed by atoms with Crippen LogP contribution in [0.15, 0.2) is 24.3 Å². The molecule has 0 spiro atoms. The fourth-order valence-corrected chi connectivity index (χ4v) is 2.17. The van der Waals surface area contributed by atoms with Gasteiger partial charge in [-0.1, -0.05) is 0 Å². The third-order valence-electron chi connectivity index (χ3n) is 3.15. The van der Waals surface area contributed by atoms with Crippen LogP contribution in [0.5, 0.6) is 0 Å². The Kier molecular flexibility index (Phi) is 3.60. The molecule has 2 unspecified atom stereocenters. The standard InChI is InChI=1S/C13H16FN3/c1-10-8-16-12(6-7-15)9-17(10)13-4-2-11(14)3-5-13/h2-5,10,12,16H,6,8-9H2,1H3. The lowest BCUT2D eigenvalue weighted by molar-refractivity contribution is 0.409. The second-order valence-electron chi connectivity index (χ2n) is 4.45. The van der Waals surface area contributed by atoms with E-state index in [1.54, 1.807) is 12.1 Å². The summed E-state index contributed by atoms with van der Waals surface area (Å²) in [6, 6.07) is 9.27. The van der Waals surface area contributed by atoms with Crippen molar-refractivity contribution >= 4 is 5.69 Å². The smallest absolute Gasteiger partial charge is 0.123 e. The van der Waals surface area contributed by atoms with Crippen molar-refractivity contribution in [1.82, 2.24) is 5.32 Å². The molecule has 1 heterocycles. The monoisotopic (exact) mass is 233 g/mol. The van der Waals surface area contributed by atoms with Crippen LogP contribution >= 0.6 is 0 Å². The zero-order chi connectivity index (χ0) is 12.3. The molecule has 2 rings (SSSR count). The average molecular weight is 233 g/mol. The molecule has 1 saturated heterocycles. The van der Waals surface area contributed by atoms with Gasteiger partial charge >= 0.3 is 0 Å². The van der Waals surface area contributed by atoms with Crippen LogP contribution in [0, 0.1) is 17.1 Å². The van der Waals surface area contributed by atoms with Gasteiger partial charge in [-0.25, -0.2) is 4.39 Å². The first-order valence-electron chi connectivity index (χ1n) is 5.83. The molecule has 1 aliphatic heterocycles. The normalized spacial score (nSPS) is 24.4. The fourth-order valence-electron chi connectivity index (χ4n) is 2.17. The van der Waals surface area contributed by atoms with E-state index in [9.17, 15) is 4.39 Å². The molecule has 4 heteroatoms. The van der Waals surface area contributed by atoms with Crippen LogP contribution < -0.4 is 10.2 Å². The highest BCUT2D eigenvalue weighted by Gasteiger charge is 2.24. The van der Waals surface area contributed by atoms with Crippen LogP contribution in [0.1, 0.15) is 13.3 Å². The predicted molar refractivity (Wildman–Crippen MR) is 65.2 cm³/mol. The van der Waals surface area contributed by atoms with Crippen LogP contribution in [-0.2, 0) is 0 Å². The van der Waals surface area contributed by atoms with Crippen molar-refractivity contribution in [3.63, 3.8) is 0 Å². The second kappa shape index (κ2) is 5.15. The van der Waals surface area contributed by atoms with Crippen LogP contribution in [0.4, 0.5) is 10.1 Å². The van der Waals surface area contributed by atoms with Gasteiger partial charge in [-0.2, -0.15) is 5.26 Å². The first-order valence-corrected chi connectivity index (χ1v) is 5.83. The summed E-state index contributed by atoms with van der Waals surface area (Å²) in [6.07, 6.45) is 0.504. The van der Waals surface area contributed by atoms with Gasteiger partial charge in [0.2, 0.25) is 0 Å². The highest BCUT2D eigenvalue weighted by atomic mass is 19.1. The highest BCUT2D eigenvalue weighted by Crippen LogP contribution is 2.20. The zero-order valence-corrected chi connectivity index (χ0v) is 9.86. The number of benzene rings is 1. The maximum Gasteiger partial charge on any atom is 0.123 e. The van der Waals surface area contributed by atoms with Crippen molar-refractivity contribution < 1.29 is 4.39 Å². The van der Waals surface area contributed by atoms with Gasteiger partial charge in [0.15, 0.2) is 0 Å². The lowest BCUT2D eigenvalue weighted by Crippen LogP contribution is -2.55. The number of anilines is 1. The SMILES string of the molecule is CC1CNC(CC#N)CN1c1ccc(F)cc1. The van der Waals surface area contributed by atoms with E-state index in [1.165, 1.54) is 12.1 Å². The number of nitriles is 1. The molecule has 0 radical (unpaired) electrons. The molecule has 3 nitrogen and oxygen atoms in total. The molecular weight excluding hydrogens is 217 g/mol. The summed E-state index contributed by atoms with van der Waals surface area (Å²) in [5.74, 6) is -0.217. The summed E-state index contributed by atoms with van der Waals surface area (Å²) >= 11 is 0. The number of hydrogen-bond donors (Lipinski definition) is 1. The maximum absolute atomic E-state index is 12.9. The Labute approximate surface area is 101 Å². The van der Waals surface area contributed by atoms with Gasteiger partial charge in [-0.3, -0.25) is 0 Å². The van der Waals surface area contributed by atoms with Crippen molar-refractivity contribution in [3.05, 3.63) is 30.1 Å². The Morgan fingerprint density at radius 2 is 2.18 bits per heavy atom. The molecule has 1 aliphatic rings. The van der Waals surface area contributed by atoms with Gasteiger partial charge in [-0.15, -0.1) is 0 Å². The maximum atomic E-state index is 12.9. The molecule has 1 aromatic rings. The zero-order valence-electron chi connectivity index (χ0n) is 9.86. The Morgan fingerprint density at radius 1 is 1.47 bits per heavy atom. The molecule has 0 amide bonds. The van der Waals surface area contributed by atoms with Crippen molar-refractivity contribution in [2.75, 3.05) is 18.0 Å². The number of nitrogens with zero attached hydrogens (tertiary/aromatic N) is 2. The number of hydrogen-bond acceptors (Lipinski definition) is 3. The molecule has 0 aliphatic carbocycles. The summed E-state index contributed by atoms with van der Waals surface area (Å²) in [5, 5.41) is 12.1. The van der Waals surface area contributed by atoms with E-state index in [0.717, 1.165) is 18.8 Å². The Hall–Kier alpha value is -1.60. The molecular formula is C13H16FN3. The van der Waals surface area contributed by atoms with E-state index in [1.807, 2.05) is 0 Å². The number of rotatable bonds is 2. The first-order chi connectivity index (χ1) is 8.20. The van der Waals surface area contributed by atoms with Crippen molar-refractivity contribution in [3.8, 4) is 6.07 Å². The minimum atomic E-state index is -0.217. The molecule has 1 fully saturated rings. The molecule has 17 heavy (non-hydrogen) atoms. The van der Waals surface area contributed by atoms with Gasteiger partial charge in [-0.05, 0) is 31.2 Å². The van der Waals surface area contributed by atoms with Crippen LogP contribution in [0.3, 0.4) is 0 Å². The molecule has 2 atom stereocenters. The summed E-state index contributed by atoms with van der Waals surface area (Å²) < 4.78 is 12.9. The number of halogens is 1. The van der Waals surface area contributed by atoms with E-state index in [-0.39, 0.29) is 11.9 Å². The molecule has 0 aromatic heterocycles. The van der Waals surface area contributed by atoms with E-state index >= 15 is 0 Å². The quantitative estimate of drug-likeness (QED) is 0.848. The van der Waals surface area contributed by atoms with Crippen LogP contribution in [0.25, 0.3) is 0 Å². The third kappa shape index (κ3) is 2.75. The number of nitrogens with one attached hydrogen (secondary N) is 1. The lowest BCUT2D eigenvalue weighted by Gasteiger charge is -2.39. The lowest BCUT2D eigenvalue weighted by atomic mass is 10.1. The molecule has 0 saturated carbocycles. The van der Waals surface area contributed by atoms with Crippen molar-refractivity contribution in [2.45, 2.75) is 25.4 Å². The van der Waals surface area contributed by atoms with Gasteiger partial charge < -0.3 is 10.2 Å². The Morgan fingerprint density at radius 3 is 2.82 bits per heavy atom. The van der Waals surface area contributed by atoms with Gasteiger partial charge in [0.25, 0.3) is 0 Å². The fraction of sp³-hybridized carbons (Fsp3) is 0.462. The summed E-state index contributed by atoms with van der Waals surface area (Å²) in [5.41, 5.74) is 1.02. The minimum absolute atomic E-state index is 0.196. The molecule has 1 N–H and O–H groups in total. The van der Waals surface area contributed by atoms with Gasteiger partial charge in [0, 0.05) is 30.9 Å². The summed E-state index contributed by atoms with van der Waals surface area (Å²) in [6.45, 7) is 3.77. The largest absolute Gasteiger partial charge is 0.366 e. The molecule has 90 valence electrons. The Bertz CT molecular complexity index is 410. The Balaban J connectivity index is 2.12. The first kappa shape index (κ1) is 11.9. The van der Waals surface area contributed by atoms with Gasteiger partial charge in [0.1, 0.15) is 5.82 Å². The van der Waals surface area contributed by atoms with Crippen molar-refractivity contribution in [2.24, 2.45) is 0 Å². The molecule has 1 aromatic carbocycles. The van der Waals surface area contributed by atoms with E-state index in [2.05, 4.69) is 23.2 Å². The van der Waals surface area contributed by atoms with Crippen molar-refractivity contribution in [1.29, 1.82) is 5.26 Å². The van der Waals surface area contributed by atoms with E-state index in [4.69, 9.17) is 5.26 Å². The topological polar surface area (TPSA) is 39.1 Å². The third-order valence-corrected chi connectivity index (χ3v) is 3.15. The average Bonchev–Trinajstić information content (AvgIpc) is 2.33.